The van der Waals surface area contributed by atoms with Gasteiger partial charge in [-0.1, -0.05) is 48.1 Å². The summed E-state index contributed by atoms with van der Waals surface area (Å²) in [5, 5.41) is 6.18. The van der Waals surface area contributed by atoms with E-state index in [0.29, 0.717) is 0 Å². The van der Waals surface area contributed by atoms with Gasteiger partial charge < -0.3 is 0 Å². The Labute approximate surface area is 105 Å². The Balaban J connectivity index is 2.30. The van der Waals surface area contributed by atoms with E-state index in [1.807, 2.05) is 24.3 Å². The predicted octanol–water partition coefficient (Wildman–Crippen LogP) is 4.77. The quantitative estimate of drug-likeness (QED) is 0.387. The molecule has 0 amide bonds. The van der Waals surface area contributed by atoms with Crippen LogP contribution in [0.4, 0.5) is 0 Å². The summed E-state index contributed by atoms with van der Waals surface area (Å²) in [7, 11) is 0. The van der Waals surface area contributed by atoms with Gasteiger partial charge in [0.25, 0.3) is 0 Å². The molecule has 3 nitrogen and oxygen atoms in total. The van der Waals surface area contributed by atoms with Gasteiger partial charge in [0, 0.05) is 4.91 Å². The zero-order valence-electron chi connectivity index (χ0n) is 9.74. The largest absolute Gasteiger partial charge is 0.0951 e. The number of hydrogen-bond acceptors (Lipinski definition) is 1. The van der Waals surface area contributed by atoms with Crippen LogP contribution < -0.4 is 0 Å². The van der Waals surface area contributed by atoms with Crippen LogP contribution in [0.1, 0.15) is 17.2 Å². The highest BCUT2D eigenvalue weighted by Crippen LogP contribution is 2.36. The molecule has 0 radical (unpaired) electrons. The second kappa shape index (κ2) is 4.06. The van der Waals surface area contributed by atoms with Crippen molar-refractivity contribution in [3.05, 3.63) is 76.2 Å². The van der Waals surface area contributed by atoms with Crippen molar-refractivity contribution < 1.29 is 0 Å². The fourth-order valence-electron chi connectivity index (χ4n) is 2.33. The van der Waals surface area contributed by atoms with Crippen LogP contribution in [-0.4, -0.2) is 0 Å². The molecule has 3 heteroatoms. The molecule has 0 bridgehead atoms. The molecular weight excluding hydrogens is 222 g/mol. The van der Waals surface area contributed by atoms with Crippen molar-refractivity contribution in [2.24, 2.45) is 5.11 Å². The van der Waals surface area contributed by atoms with E-state index < -0.39 is 0 Å². The van der Waals surface area contributed by atoms with E-state index in [0.717, 1.165) is 22.1 Å². The summed E-state index contributed by atoms with van der Waals surface area (Å²) >= 11 is 0. The Morgan fingerprint density at radius 2 is 1.83 bits per heavy atom. The monoisotopic (exact) mass is 233 g/mol. The molecule has 0 saturated heterocycles. The van der Waals surface area contributed by atoms with Crippen LogP contribution in [0.5, 0.6) is 0 Å². The van der Waals surface area contributed by atoms with Crippen molar-refractivity contribution in [3.63, 3.8) is 0 Å². The lowest BCUT2D eigenvalue weighted by Crippen LogP contribution is -2.03. The third-order valence-corrected chi connectivity index (χ3v) is 3.24. The van der Waals surface area contributed by atoms with Gasteiger partial charge in [-0.25, -0.2) is 0 Å². The molecule has 0 aromatic heterocycles. The third-order valence-electron chi connectivity index (χ3n) is 3.24. The van der Waals surface area contributed by atoms with Crippen LogP contribution in [0.2, 0.25) is 0 Å². The van der Waals surface area contributed by atoms with Gasteiger partial charge in [0.1, 0.15) is 0 Å². The Hall–Kier alpha value is -2.51. The van der Waals surface area contributed by atoms with Gasteiger partial charge >= 0.3 is 0 Å². The van der Waals surface area contributed by atoms with Gasteiger partial charge in [-0.2, -0.15) is 0 Å². The molecule has 2 aromatic carbocycles. The fraction of sp³-hybridized carbons (Fsp3) is 0.0667. The van der Waals surface area contributed by atoms with Crippen molar-refractivity contribution in [3.8, 4) is 0 Å². The van der Waals surface area contributed by atoms with Crippen LogP contribution in [-0.2, 0) is 0 Å². The predicted molar refractivity (Wildman–Crippen MR) is 74.0 cm³/mol. The van der Waals surface area contributed by atoms with Crippen molar-refractivity contribution in [1.82, 2.24) is 0 Å². The molecule has 1 aliphatic rings. The van der Waals surface area contributed by atoms with Crippen LogP contribution in [0.15, 0.2) is 59.7 Å². The average Bonchev–Trinajstić information content (AvgIpc) is 2.40. The van der Waals surface area contributed by atoms with Gasteiger partial charge in [0.05, 0.1) is 6.04 Å². The zero-order valence-corrected chi connectivity index (χ0v) is 9.74. The maximum atomic E-state index is 8.67. The van der Waals surface area contributed by atoms with E-state index in [9.17, 15) is 0 Å². The van der Waals surface area contributed by atoms with Crippen LogP contribution in [0.3, 0.4) is 0 Å². The maximum absolute atomic E-state index is 8.67. The van der Waals surface area contributed by atoms with Crippen molar-refractivity contribution in [2.75, 3.05) is 0 Å². The molecule has 1 atom stereocenters. The number of rotatable bonds is 1. The van der Waals surface area contributed by atoms with Crippen molar-refractivity contribution in [2.45, 2.75) is 6.04 Å². The fourth-order valence-corrected chi connectivity index (χ4v) is 2.33. The molecule has 18 heavy (non-hydrogen) atoms. The normalized spacial score (nSPS) is 17.3. The molecular formula is C15H11N3. The molecule has 2 aromatic rings. The lowest BCUT2D eigenvalue weighted by Gasteiger charge is -2.20. The molecule has 0 fully saturated rings. The number of nitrogens with zero attached hydrogens (tertiary/aromatic N) is 3. The molecule has 0 aliphatic heterocycles. The minimum Gasteiger partial charge on any atom is -0.0951 e. The van der Waals surface area contributed by atoms with Gasteiger partial charge in [-0.15, -0.1) is 0 Å². The first-order valence-electron chi connectivity index (χ1n) is 5.73. The molecule has 0 saturated carbocycles. The van der Waals surface area contributed by atoms with Gasteiger partial charge in [0.2, 0.25) is 0 Å². The lowest BCUT2D eigenvalue weighted by molar-refractivity contribution is 0.855. The highest BCUT2D eigenvalue weighted by Gasteiger charge is 2.19. The number of benzene rings is 2. The second-order valence-electron chi connectivity index (χ2n) is 4.34. The molecule has 0 N–H and O–H groups in total. The second-order valence-corrected chi connectivity index (χ2v) is 4.34. The van der Waals surface area contributed by atoms with E-state index in [1.54, 1.807) is 0 Å². The van der Waals surface area contributed by atoms with Crippen molar-refractivity contribution in [1.29, 1.82) is 0 Å². The molecule has 1 unspecified atom stereocenters. The van der Waals surface area contributed by atoms with E-state index in [2.05, 4.69) is 40.9 Å². The number of fused-ring (bicyclic) bond motifs is 2. The average molecular weight is 233 g/mol. The maximum Gasteiger partial charge on any atom is 0.0876 e. The zero-order chi connectivity index (χ0) is 12.5. The van der Waals surface area contributed by atoms with Crippen molar-refractivity contribution >= 4 is 16.8 Å². The molecule has 0 heterocycles. The highest BCUT2D eigenvalue weighted by molar-refractivity contribution is 5.87. The summed E-state index contributed by atoms with van der Waals surface area (Å²) in [6, 6.07) is 12.1. The van der Waals surface area contributed by atoms with Crippen LogP contribution in [0.25, 0.3) is 27.3 Å². The van der Waals surface area contributed by atoms with E-state index >= 15 is 0 Å². The Morgan fingerprint density at radius 3 is 2.56 bits per heavy atom. The SMILES string of the molecule is C=C1C=Cc2cc3ccccc3cc2C1N=[N+]=[N-]. The first-order chi connectivity index (χ1) is 8.79. The smallest absolute Gasteiger partial charge is 0.0876 e. The van der Waals surface area contributed by atoms with Gasteiger partial charge in [-0.05, 0) is 45.1 Å². The van der Waals surface area contributed by atoms with Crippen LogP contribution >= 0.6 is 0 Å². The van der Waals surface area contributed by atoms with E-state index in [-0.39, 0.29) is 6.04 Å². The molecule has 1 aliphatic carbocycles. The third kappa shape index (κ3) is 1.58. The van der Waals surface area contributed by atoms with Crippen LogP contribution in [0, 0.1) is 0 Å². The summed E-state index contributed by atoms with van der Waals surface area (Å²) < 4.78 is 0. The first-order valence-corrected chi connectivity index (χ1v) is 5.73. The molecule has 0 spiro atoms. The topological polar surface area (TPSA) is 48.8 Å². The van der Waals surface area contributed by atoms with Gasteiger partial charge in [0.15, 0.2) is 0 Å². The molecule has 3 rings (SSSR count). The minimum atomic E-state index is -0.292. The summed E-state index contributed by atoms with van der Waals surface area (Å²) in [5.74, 6) is 0. The molecule has 86 valence electrons. The number of azide groups is 1. The first kappa shape index (κ1) is 10.6. The minimum absolute atomic E-state index is 0.292. The lowest BCUT2D eigenvalue weighted by atomic mass is 9.88. The van der Waals surface area contributed by atoms with Gasteiger partial charge in [-0.3, -0.25) is 0 Å². The van der Waals surface area contributed by atoms with E-state index in [4.69, 9.17) is 5.53 Å². The summed E-state index contributed by atoms with van der Waals surface area (Å²) in [4.78, 5) is 2.92. The summed E-state index contributed by atoms with van der Waals surface area (Å²) in [6.45, 7) is 3.94. The summed E-state index contributed by atoms with van der Waals surface area (Å²) in [6.07, 6.45) is 3.93. The van der Waals surface area contributed by atoms with E-state index in [1.165, 1.54) is 5.39 Å². The Bertz CT molecular complexity index is 722. The Morgan fingerprint density at radius 1 is 1.11 bits per heavy atom. The number of hydrogen-bond donors (Lipinski definition) is 0. The standard InChI is InChI=1S/C15H11N3/c1-10-6-7-13-8-11-4-2-3-5-12(11)9-14(13)15(10)17-18-16/h2-9,15H,1H2. The summed E-state index contributed by atoms with van der Waals surface area (Å²) in [5.41, 5.74) is 11.6. The Kier molecular flexibility index (Phi) is 2.40. The highest BCUT2D eigenvalue weighted by atomic mass is 15.1.